The monoisotopic (exact) mass is 2090 g/mol. The standard InChI is InChI=1S/C103H143N21O24S/c1-57(2)46-74-91(133)111-72(38-41-106)90(132)115-78(48-61-17-10-8-11-18-61)97(139)122-86(58(3)4)100(142)112-71(22-15-39-104)89(131)121-82(99(141)110-70(37-40-105)87(108)129)55-149-56-84(126)109-81(54-124-42-44-148-45-43-124)98(140)119-77(51-64-27-33-69(34-28-64)103(146)147)94(136)120-80(53-85(127)128)96(138)118-79(52-65-19-14-16-59(5)47-65)95(137)117-76(50-63-25-31-68(32-26-63)102(144)145)93(135)116-75(49-62-23-29-67(30-24-62)66-20-12-9-13-21-66)92(134)113-73(35-36-83(107)125)101(143)123(7)60(6)88(130)114-74/h9,12-14,16,19-21,23-34,47,57-58,60-61,70-82,86H,8,10-11,15,17-18,22,35-46,48-56,104-106H2,1-7H3,(H2,107,125)(H2,108,129)(H,109,126)(H,110,141)(H,111,133)(H,112,142)(H,113,134)(H,114,130)(H,115,132)(H,116,135)(H,117,137)(H,118,138)(H,119,140)(H,120,136)(H,121,131)(H,122,139)(H,127,128)(H,144,145)(H,146,147)/t60-,70-,71-,72-,73-,74+,75-,76-,77-,78-,79-,80-,81-,82-,86-/m0/s1. The summed E-state index contributed by atoms with van der Waals surface area (Å²) in [7, 11) is 1.20. The van der Waals surface area contributed by atoms with E-state index in [0.29, 0.717) is 29.5 Å². The second kappa shape index (κ2) is 60.2. The van der Waals surface area contributed by atoms with Gasteiger partial charge in [-0.15, -0.1) is 11.8 Å². The number of carboxylic acids is 3. The first kappa shape index (κ1) is 120. The molecule has 0 spiro atoms. The van der Waals surface area contributed by atoms with E-state index in [-0.39, 0.29) is 125 Å². The number of carboxylic acid groups (broad SMARTS) is 3. The fraction of sp³-hybridized carbons (Fsp3) is 0.515. The molecule has 5 aromatic rings. The molecule has 2 heterocycles. The number of ether oxygens (including phenoxy) is 1. The Morgan fingerprint density at radius 2 is 0.933 bits per heavy atom. The molecule has 0 bridgehead atoms. The van der Waals surface area contributed by atoms with Gasteiger partial charge in [0.05, 0.1) is 36.5 Å². The van der Waals surface area contributed by atoms with Crippen LogP contribution in [0.5, 0.6) is 0 Å². The highest BCUT2D eigenvalue weighted by Gasteiger charge is 2.42. The first-order valence-electron chi connectivity index (χ1n) is 50.0. The fourth-order valence-corrected chi connectivity index (χ4v) is 18.2. The molecule has 1 saturated carbocycles. The third-order valence-electron chi connectivity index (χ3n) is 25.8. The Hall–Kier alpha value is -14.4. The molecule has 5 aromatic carbocycles. The van der Waals surface area contributed by atoms with E-state index in [1.165, 1.54) is 62.5 Å². The Morgan fingerprint density at radius 1 is 0.470 bits per heavy atom. The molecule has 8 rings (SSSR count). The van der Waals surface area contributed by atoms with Crippen molar-refractivity contribution in [2.24, 2.45) is 46.4 Å². The predicted molar refractivity (Wildman–Crippen MR) is 550 cm³/mol. The fourth-order valence-electron chi connectivity index (χ4n) is 17.3. The van der Waals surface area contributed by atoms with Crippen LogP contribution in [0.2, 0.25) is 0 Å². The van der Waals surface area contributed by atoms with Gasteiger partial charge in [0, 0.05) is 64.5 Å². The van der Waals surface area contributed by atoms with Crippen LogP contribution < -0.4 is 103 Å². The van der Waals surface area contributed by atoms with Gasteiger partial charge in [-0.05, 0) is 154 Å². The highest BCUT2D eigenvalue weighted by atomic mass is 32.2. The van der Waals surface area contributed by atoms with Crippen molar-refractivity contribution in [1.29, 1.82) is 0 Å². The zero-order valence-corrected chi connectivity index (χ0v) is 85.7. The molecule has 0 aromatic heterocycles. The lowest BCUT2D eigenvalue weighted by atomic mass is 9.84. The van der Waals surface area contributed by atoms with Gasteiger partial charge in [-0.1, -0.05) is 168 Å². The van der Waals surface area contributed by atoms with Crippen molar-refractivity contribution in [2.45, 2.75) is 248 Å². The van der Waals surface area contributed by atoms with Crippen molar-refractivity contribution in [2.75, 3.05) is 71.0 Å². The first-order valence-corrected chi connectivity index (χ1v) is 51.2. The third kappa shape index (κ3) is 39.3. The molecule has 2 aliphatic heterocycles. The number of carbonyl (C=O) groups excluding carboxylic acids is 17. The van der Waals surface area contributed by atoms with E-state index >= 15 is 38.4 Å². The van der Waals surface area contributed by atoms with Crippen LogP contribution in [-0.4, -0.2) is 305 Å². The zero-order chi connectivity index (χ0) is 109. The number of amides is 17. The summed E-state index contributed by atoms with van der Waals surface area (Å²) < 4.78 is 5.59. The molecule has 149 heavy (non-hydrogen) atoms. The Kier molecular flexibility index (Phi) is 48.4. The van der Waals surface area contributed by atoms with Crippen molar-refractivity contribution < 1.29 is 116 Å². The maximum Gasteiger partial charge on any atom is 0.335 e. The Labute approximate surface area is 868 Å². The average molecular weight is 2090 g/mol. The van der Waals surface area contributed by atoms with Crippen LogP contribution in [0, 0.1) is 24.7 Å². The van der Waals surface area contributed by atoms with Crippen LogP contribution >= 0.6 is 11.8 Å². The van der Waals surface area contributed by atoms with Gasteiger partial charge in [-0.3, -0.25) is 91.2 Å². The second-order valence-electron chi connectivity index (χ2n) is 38.5. The Morgan fingerprint density at radius 3 is 1.44 bits per heavy atom. The van der Waals surface area contributed by atoms with Gasteiger partial charge in [0.25, 0.3) is 0 Å². The van der Waals surface area contributed by atoms with Crippen LogP contribution in [-0.2, 0) is 117 Å². The highest BCUT2D eigenvalue weighted by Crippen LogP contribution is 2.29. The SMILES string of the molecule is Cc1cccc(C[C@@H]2NC(=O)[C@H](CC(=O)O)NC(=O)[C@H](Cc3ccc(C(=O)O)cc3)NC(=O)[C@H](CN3CCOCC3)NC(=O)CSC[C@@H](C(=O)N[C@@H](CCN)C(N)=O)NC(=O)[C@H](CCCN)NC(=O)[C@H](C(C)C)NC(=O)[C@H](CC3CCCCC3)NC(=O)[C@H](CCN)NC(=O)[C@@H](CC(C)C)NC(=O)[C@H](C)N(C)C(=O)[C@H](CCC(N)=O)NC(=O)[C@H](Cc3ccc(-c4ccccc4)cc3)NC(=O)[C@H](Cc3ccc(C(=O)O)cc3)NC2=O)c1. The van der Waals surface area contributed by atoms with E-state index in [0.717, 1.165) is 47.1 Å². The summed E-state index contributed by atoms with van der Waals surface area (Å²) in [4.78, 5) is 293. The number of morpholine rings is 1. The average Bonchev–Trinajstić information content (AvgIpc) is 0.828. The number of nitrogens with zero attached hydrogens (tertiary/aromatic N) is 2. The quantitative estimate of drug-likeness (QED) is 0.0224. The molecule has 27 N–H and O–H groups in total. The third-order valence-corrected chi connectivity index (χ3v) is 26.9. The van der Waals surface area contributed by atoms with Gasteiger partial charge in [0.2, 0.25) is 100 Å². The Bertz CT molecular complexity index is 5460. The van der Waals surface area contributed by atoms with Gasteiger partial charge in [0.15, 0.2) is 0 Å². The molecule has 0 radical (unpaired) electrons. The number of benzene rings is 5. The van der Waals surface area contributed by atoms with E-state index in [1.54, 1.807) is 88.0 Å². The zero-order valence-electron chi connectivity index (χ0n) is 84.9. The van der Waals surface area contributed by atoms with Crippen LogP contribution in [0.25, 0.3) is 11.1 Å². The minimum Gasteiger partial charge on any atom is -0.481 e. The van der Waals surface area contributed by atoms with E-state index in [2.05, 4.69) is 74.4 Å². The number of carbonyl (C=O) groups is 20. The lowest BCUT2D eigenvalue weighted by molar-refractivity contribution is -0.143. The number of hydrogen-bond donors (Lipinski definition) is 22. The van der Waals surface area contributed by atoms with Crippen molar-refractivity contribution in [3.63, 3.8) is 0 Å². The summed E-state index contributed by atoms with van der Waals surface area (Å²) in [6, 6.07) is 7.70. The van der Waals surface area contributed by atoms with Gasteiger partial charge in [0.1, 0.15) is 90.6 Å². The molecule has 810 valence electrons. The number of nitrogens with one attached hydrogen (secondary N) is 14. The maximum atomic E-state index is 15.8. The molecular weight excluding hydrogens is 1950 g/mol. The number of likely N-dealkylation sites (N-methyl/N-ethyl adjacent to an activating group) is 1. The maximum absolute atomic E-state index is 15.8. The summed E-state index contributed by atoms with van der Waals surface area (Å²) in [5, 5.41) is 67.6. The predicted octanol–water partition coefficient (Wildman–Crippen LogP) is -1.62. The number of aliphatic carboxylic acids is 1. The van der Waals surface area contributed by atoms with Crippen molar-refractivity contribution >= 4 is 130 Å². The summed E-state index contributed by atoms with van der Waals surface area (Å²) in [6.45, 7) is 9.70. The molecule has 17 amide bonds. The van der Waals surface area contributed by atoms with Crippen molar-refractivity contribution in [3.05, 3.63) is 166 Å². The summed E-state index contributed by atoms with van der Waals surface area (Å²) >= 11 is 0.731. The van der Waals surface area contributed by atoms with E-state index in [4.69, 9.17) is 33.4 Å². The lowest BCUT2D eigenvalue weighted by Gasteiger charge is -2.32. The van der Waals surface area contributed by atoms with Gasteiger partial charge in [-0.2, -0.15) is 0 Å². The minimum atomic E-state index is -2.17. The summed E-state index contributed by atoms with van der Waals surface area (Å²) in [6.07, 6.45) is -1.01. The topological polar surface area (TPSA) is 716 Å². The molecule has 3 fully saturated rings. The van der Waals surface area contributed by atoms with E-state index in [1.807, 2.05) is 30.3 Å². The number of rotatable bonds is 33. The van der Waals surface area contributed by atoms with E-state index in [9.17, 15) is 72.9 Å². The molecule has 1 aliphatic carbocycles. The second-order valence-corrected chi connectivity index (χ2v) is 39.5. The number of primary amides is 2. The van der Waals surface area contributed by atoms with Crippen molar-refractivity contribution in [1.82, 2.24) is 84.2 Å². The Balaban J connectivity index is 1.26. The number of aryl methyl sites for hydroxylation is 1. The van der Waals surface area contributed by atoms with Gasteiger partial charge in [-0.25, -0.2) is 9.59 Å². The van der Waals surface area contributed by atoms with Crippen LogP contribution in [0.15, 0.2) is 127 Å². The van der Waals surface area contributed by atoms with Crippen LogP contribution in [0.4, 0.5) is 0 Å². The number of nitrogens with two attached hydrogens (primary N) is 5. The highest BCUT2D eigenvalue weighted by molar-refractivity contribution is 8.00. The van der Waals surface area contributed by atoms with Crippen molar-refractivity contribution in [3.8, 4) is 11.1 Å². The number of aromatic carboxylic acids is 2. The first-order chi connectivity index (χ1) is 70.9. The molecule has 46 heteroatoms. The van der Waals surface area contributed by atoms with E-state index < -0.39 is 271 Å². The molecule has 3 aliphatic rings. The minimum absolute atomic E-state index is 0.0323. The van der Waals surface area contributed by atoms with Crippen LogP contribution in [0.1, 0.15) is 173 Å². The molecular formula is C103H143N21O24S. The molecule has 15 atom stereocenters. The molecule has 2 saturated heterocycles. The molecule has 0 unspecified atom stereocenters. The summed E-state index contributed by atoms with van der Waals surface area (Å²) in [5.41, 5.74) is 32.3. The normalized spacial score (nSPS) is 23.6. The number of thioether (sulfide) groups is 1. The summed E-state index contributed by atoms with van der Waals surface area (Å²) in [5.74, 6) is -24.2. The van der Waals surface area contributed by atoms with Crippen LogP contribution in [0.3, 0.4) is 0 Å². The molecule has 45 nitrogen and oxygen atoms in total. The largest absolute Gasteiger partial charge is 0.481 e. The lowest BCUT2D eigenvalue weighted by Crippen LogP contribution is -2.62. The van der Waals surface area contributed by atoms with Gasteiger partial charge >= 0.3 is 17.9 Å². The van der Waals surface area contributed by atoms with Gasteiger partial charge < -0.3 is 128 Å². The number of hydrogen-bond acceptors (Lipinski definition) is 26. The smallest absolute Gasteiger partial charge is 0.335 e.